The third kappa shape index (κ3) is 5.75. The highest BCUT2D eigenvalue weighted by atomic mass is 32.2. The lowest BCUT2D eigenvalue weighted by Gasteiger charge is -2.10. The standard InChI is InChI=1S/C18H18FN5O3S3/c1-11-6-7-14(9-15(11)30(26,27)20-2)21-16(25)10-28-18-24-23-17(29-18)22-13-5-3-4-12(19)8-13/h3-9,20H,10H2,1-2H3,(H,21,25)(H,22,23). The minimum absolute atomic E-state index is 0.0661. The van der Waals surface area contributed by atoms with Crippen LogP contribution in [0.2, 0.25) is 0 Å². The van der Waals surface area contributed by atoms with Crippen molar-refractivity contribution < 1.29 is 17.6 Å². The highest BCUT2D eigenvalue weighted by Crippen LogP contribution is 2.28. The van der Waals surface area contributed by atoms with Crippen LogP contribution < -0.4 is 15.4 Å². The van der Waals surface area contributed by atoms with Gasteiger partial charge in [-0.1, -0.05) is 35.2 Å². The summed E-state index contributed by atoms with van der Waals surface area (Å²) in [5.41, 5.74) is 1.50. The molecule has 0 aliphatic carbocycles. The van der Waals surface area contributed by atoms with E-state index in [4.69, 9.17) is 0 Å². The van der Waals surface area contributed by atoms with Gasteiger partial charge in [-0.25, -0.2) is 17.5 Å². The topological polar surface area (TPSA) is 113 Å². The number of halogens is 1. The maximum absolute atomic E-state index is 13.2. The van der Waals surface area contributed by atoms with Crippen LogP contribution >= 0.6 is 23.1 Å². The quantitative estimate of drug-likeness (QED) is 0.435. The van der Waals surface area contributed by atoms with Crippen molar-refractivity contribution in [2.45, 2.75) is 16.2 Å². The van der Waals surface area contributed by atoms with Gasteiger partial charge in [-0.15, -0.1) is 10.2 Å². The smallest absolute Gasteiger partial charge is 0.240 e. The Labute approximate surface area is 181 Å². The number of amides is 1. The van der Waals surface area contributed by atoms with Gasteiger partial charge in [0.1, 0.15) is 5.82 Å². The van der Waals surface area contributed by atoms with E-state index in [2.05, 4.69) is 25.6 Å². The molecule has 3 aromatic rings. The number of carbonyl (C=O) groups excluding carboxylic acids is 1. The molecule has 8 nitrogen and oxygen atoms in total. The summed E-state index contributed by atoms with van der Waals surface area (Å²) < 4.78 is 40.2. The predicted octanol–water partition coefficient (Wildman–Crippen LogP) is 3.37. The average Bonchev–Trinajstić information content (AvgIpc) is 3.15. The number of thioether (sulfide) groups is 1. The summed E-state index contributed by atoms with van der Waals surface area (Å²) in [6.45, 7) is 1.68. The van der Waals surface area contributed by atoms with E-state index in [9.17, 15) is 17.6 Å². The van der Waals surface area contributed by atoms with Gasteiger partial charge in [0.25, 0.3) is 0 Å². The first kappa shape index (κ1) is 22.2. The molecule has 12 heteroatoms. The SMILES string of the molecule is CNS(=O)(=O)c1cc(NC(=O)CSc2nnc(Nc3cccc(F)c3)s2)ccc1C. The number of sulfonamides is 1. The Balaban J connectivity index is 1.58. The van der Waals surface area contributed by atoms with Gasteiger partial charge in [0.05, 0.1) is 10.6 Å². The van der Waals surface area contributed by atoms with Crippen molar-refractivity contribution >= 4 is 55.5 Å². The zero-order valence-corrected chi connectivity index (χ0v) is 18.4. The third-order valence-electron chi connectivity index (χ3n) is 3.84. The fourth-order valence-corrected chi connectivity index (χ4v) is 4.98. The van der Waals surface area contributed by atoms with Crippen LogP contribution in [0.4, 0.5) is 20.9 Å². The summed E-state index contributed by atoms with van der Waals surface area (Å²) in [5.74, 6) is -0.611. The summed E-state index contributed by atoms with van der Waals surface area (Å²) in [5, 5.41) is 14.1. The average molecular weight is 468 g/mol. The number of hydrogen-bond donors (Lipinski definition) is 3. The Morgan fingerprint density at radius 1 is 1.17 bits per heavy atom. The molecule has 0 radical (unpaired) electrons. The van der Waals surface area contributed by atoms with Gasteiger partial charge in [0.15, 0.2) is 4.34 Å². The van der Waals surface area contributed by atoms with Crippen LogP contribution in [-0.2, 0) is 14.8 Å². The van der Waals surface area contributed by atoms with Crippen LogP contribution in [-0.4, -0.2) is 37.3 Å². The molecule has 0 fully saturated rings. The zero-order chi connectivity index (χ0) is 21.7. The van der Waals surface area contributed by atoms with E-state index in [1.807, 2.05) is 0 Å². The van der Waals surface area contributed by atoms with Crippen molar-refractivity contribution in [1.82, 2.24) is 14.9 Å². The number of rotatable bonds is 8. The second-order valence-corrected chi connectivity index (χ2v) is 10.1. The first-order valence-corrected chi connectivity index (χ1v) is 11.9. The van der Waals surface area contributed by atoms with Gasteiger partial charge < -0.3 is 10.6 Å². The van der Waals surface area contributed by atoms with Gasteiger partial charge in [0, 0.05) is 11.4 Å². The molecule has 0 bridgehead atoms. The molecule has 0 saturated heterocycles. The van der Waals surface area contributed by atoms with Crippen molar-refractivity contribution in [3.8, 4) is 0 Å². The molecule has 1 amide bonds. The van der Waals surface area contributed by atoms with E-state index in [1.54, 1.807) is 31.2 Å². The number of anilines is 3. The molecule has 30 heavy (non-hydrogen) atoms. The second-order valence-electron chi connectivity index (χ2n) is 6.03. The lowest BCUT2D eigenvalue weighted by molar-refractivity contribution is -0.113. The molecule has 1 heterocycles. The molecule has 0 atom stereocenters. The molecule has 1 aromatic heterocycles. The van der Waals surface area contributed by atoms with E-state index in [0.29, 0.717) is 26.4 Å². The highest BCUT2D eigenvalue weighted by Gasteiger charge is 2.16. The summed E-state index contributed by atoms with van der Waals surface area (Å²) in [7, 11) is -2.29. The highest BCUT2D eigenvalue weighted by molar-refractivity contribution is 8.01. The van der Waals surface area contributed by atoms with Crippen LogP contribution in [0, 0.1) is 12.7 Å². The van der Waals surface area contributed by atoms with E-state index in [1.165, 1.54) is 48.3 Å². The van der Waals surface area contributed by atoms with Crippen molar-refractivity contribution in [2.75, 3.05) is 23.4 Å². The number of nitrogens with zero attached hydrogens (tertiary/aromatic N) is 2. The lowest BCUT2D eigenvalue weighted by Crippen LogP contribution is -2.20. The molecule has 2 aromatic carbocycles. The number of hydrogen-bond acceptors (Lipinski definition) is 8. The van der Waals surface area contributed by atoms with Gasteiger partial charge in [-0.3, -0.25) is 4.79 Å². The minimum atomic E-state index is -3.62. The van der Waals surface area contributed by atoms with Crippen LogP contribution in [0.1, 0.15) is 5.56 Å². The maximum Gasteiger partial charge on any atom is 0.240 e. The van der Waals surface area contributed by atoms with E-state index in [-0.39, 0.29) is 22.4 Å². The lowest BCUT2D eigenvalue weighted by atomic mass is 10.2. The van der Waals surface area contributed by atoms with Gasteiger partial charge in [-0.2, -0.15) is 0 Å². The fraction of sp³-hybridized carbons (Fsp3) is 0.167. The minimum Gasteiger partial charge on any atom is -0.330 e. The molecule has 158 valence electrons. The summed E-state index contributed by atoms with van der Waals surface area (Å²) in [6, 6.07) is 10.6. The molecule has 0 aliphatic rings. The second kappa shape index (κ2) is 9.51. The Morgan fingerprint density at radius 3 is 2.70 bits per heavy atom. The number of carbonyl (C=O) groups is 1. The van der Waals surface area contributed by atoms with Gasteiger partial charge >= 0.3 is 0 Å². The number of aromatic nitrogens is 2. The van der Waals surface area contributed by atoms with Crippen LogP contribution in [0.25, 0.3) is 0 Å². The largest absolute Gasteiger partial charge is 0.330 e. The Bertz CT molecular complexity index is 1170. The van der Waals surface area contributed by atoms with Crippen molar-refractivity contribution in [2.24, 2.45) is 0 Å². The van der Waals surface area contributed by atoms with Gasteiger partial charge in [-0.05, 0) is 49.9 Å². The number of aryl methyl sites for hydroxylation is 1. The zero-order valence-electron chi connectivity index (χ0n) is 16.0. The fourth-order valence-electron chi connectivity index (χ4n) is 2.41. The van der Waals surface area contributed by atoms with E-state index < -0.39 is 10.0 Å². The summed E-state index contributed by atoms with van der Waals surface area (Å²) in [4.78, 5) is 12.3. The van der Waals surface area contributed by atoms with E-state index in [0.717, 1.165) is 0 Å². The summed E-state index contributed by atoms with van der Waals surface area (Å²) in [6.07, 6.45) is 0. The number of nitrogens with one attached hydrogen (secondary N) is 3. The van der Waals surface area contributed by atoms with Crippen LogP contribution in [0.5, 0.6) is 0 Å². The first-order valence-electron chi connectivity index (χ1n) is 8.60. The molecule has 0 saturated carbocycles. The summed E-state index contributed by atoms with van der Waals surface area (Å²) >= 11 is 2.42. The van der Waals surface area contributed by atoms with Crippen molar-refractivity contribution in [3.05, 3.63) is 53.8 Å². The molecular weight excluding hydrogens is 449 g/mol. The normalized spacial score (nSPS) is 11.3. The number of benzene rings is 2. The molecule has 3 rings (SSSR count). The van der Waals surface area contributed by atoms with Gasteiger partial charge in [0.2, 0.25) is 21.1 Å². The molecule has 3 N–H and O–H groups in total. The van der Waals surface area contributed by atoms with Crippen molar-refractivity contribution in [1.29, 1.82) is 0 Å². The van der Waals surface area contributed by atoms with Crippen LogP contribution in [0.3, 0.4) is 0 Å². The maximum atomic E-state index is 13.2. The van der Waals surface area contributed by atoms with E-state index >= 15 is 0 Å². The molecule has 0 unspecified atom stereocenters. The Morgan fingerprint density at radius 2 is 1.97 bits per heavy atom. The Kier molecular flexibility index (Phi) is 7.02. The molecular formula is C18H18FN5O3S3. The molecule has 0 spiro atoms. The van der Waals surface area contributed by atoms with Crippen LogP contribution in [0.15, 0.2) is 51.7 Å². The monoisotopic (exact) mass is 467 g/mol. The Hall–Kier alpha value is -2.54. The first-order chi connectivity index (χ1) is 14.3. The third-order valence-corrected chi connectivity index (χ3v) is 7.37. The molecule has 0 aliphatic heterocycles. The predicted molar refractivity (Wildman–Crippen MR) is 116 cm³/mol. The van der Waals surface area contributed by atoms with Crippen molar-refractivity contribution in [3.63, 3.8) is 0 Å².